The second-order valence-electron chi connectivity index (χ2n) is 4.69. The summed E-state index contributed by atoms with van der Waals surface area (Å²) in [5, 5.41) is 0. The van der Waals surface area contributed by atoms with Crippen LogP contribution in [-0.4, -0.2) is 24.1 Å². The third kappa shape index (κ3) is 4.32. The van der Waals surface area contributed by atoms with Gasteiger partial charge in [-0.25, -0.2) is 0 Å². The SMILES string of the molecule is CC1=CC(=O)C(C(=O)C=Cc2ccc(OC(F)F)cc2)C(=O)O1. The Morgan fingerprint density at radius 2 is 1.91 bits per heavy atom. The zero-order valence-corrected chi connectivity index (χ0v) is 12.0. The molecule has 1 atom stereocenters. The maximum absolute atomic E-state index is 12.0. The van der Waals surface area contributed by atoms with Crippen molar-refractivity contribution in [1.29, 1.82) is 0 Å². The number of ketones is 2. The van der Waals surface area contributed by atoms with Gasteiger partial charge in [-0.2, -0.15) is 8.78 Å². The summed E-state index contributed by atoms with van der Waals surface area (Å²) in [6.07, 6.45) is 3.52. The highest BCUT2D eigenvalue weighted by molar-refractivity contribution is 6.25. The van der Waals surface area contributed by atoms with E-state index in [1.165, 1.54) is 37.3 Å². The van der Waals surface area contributed by atoms with E-state index in [1.807, 2.05) is 0 Å². The number of cyclic esters (lactones) is 1. The molecule has 23 heavy (non-hydrogen) atoms. The molecule has 2 rings (SSSR count). The van der Waals surface area contributed by atoms with E-state index in [1.54, 1.807) is 0 Å². The number of carbonyl (C=O) groups is 3. The van der Waals surface area contributed by atoms with Crippen molar-refractivity contribution in [3.63, 3.8) is 0 Å². The van der Waals surface area contributed by atoms with Gasteiger partial charge in [0.05, 0.1) is 0 Å². The van der Waals surface area contributed by atoms with E-state index in [4.69, 9.17) is 4.74 Å². The van der Waals surface area contributed by atoms with Crippen molar-refractivity contribution >= 4 is 23.6 Å². The van der Waals surface area contributed by atoms with Crippen molar-refractivity contribution in [3.05, 3.63) is 47.7 Å². The molecule has 0 aliphatic carbocycles. The lowest BCUT2D eigenvalue weighted by Crippen LogP contribution is -2.34. The molecule has 7 heteroatoms. The fourth-order valence-electron chi connectivity index (χ4n) is 1.94. The third-order valence-electron chi connectivity index (χ3n) is 2.96. The van der Waals surface area contributed by atoms with Crippen LogP contribution >= 0.6 is 0 Å². The minimum atomic E-state index is -2.92. The predicted octanol–water partition coefficient (Wildman–Crippen LogP) is 2.52. The predicted molar refractivity (Wildman–Crippen MR) is 75.5 cm³/mol. The number of hydrogen-bond acceptors (Lipinski definition) is 5. The van der Waals surface area contributed by atoms with Crippen LogP contribution in [0.15, 0.2) is 42.2 Å². The first-order valence-electron chi connectivity index (χ1n) is 6.57. The van der Waals surface area contributed by atoms with E-state index >= 15 is 0 Å². The van der Waals surface area contributed by atoms with Crippen LogP contribution in [0, 0.1) is 5.92 Å². The molecule has 1 aromatic carbocycles. The molecule has 0 amide bonds. The number of ether oxygens (including phenoxy) is 2. The smallest absolute Gasteiger partial charge is 0.387 e. The van der Waals surface area contributed by atoms with Crippen molar-refractivity contribution in [1.82, 2.24) is 0 Å². The quantitative estimate of drug-likeness (QED) is 0.473. The van der Waals surface area contributed by atoms with Crippen LogP contribution in [0.25, 0.3) is 6.08 Å². The molecule has 120 valence electrons. The highest BCUT2D eigenvalue weighted by Crippen LogP contribution is 2.18. The van der Waals surface area contributed by atoms with Crippen LogP contribution in [0.2, 0.25) is 0 Å². The van der Waals surface area contributed by atoms with Gasteiger partial charge in [-0.3, -0.25) is 14.4 Å². The molecule has 1 aliphatic heterocycles. The van der Waals surface area contributed by atoms with Gasteiger partial charge in [-0.15, -0.1) is 0 Å². The Labute approximate surface area is 130 Å². The molecule has 1 aliphatic rings. The highest BCUT2D eigenvalue weighted by Gasteiger charge is 2.36. The first-order valence-corrected chi connectivity index (χ1v) is 6.57. The zero-order chi connectivity index (χ0) is 17.0. The molecule has 0 spiro atoms. The second kappa shape index (κ2) is 6.95. The summed E-state index contributed by atoms with van der Waals surface area (Å²) in [5.41, 5.74) is 0.517. The second-order valence-corrected chi connectivity index (χ2v) is 4.69. The summed E-state index contributed by atoms with van der Waals surface area (Å²) < 4.78 is 33.0. The molecule has 0 saturated heterocycles. The summed E-state index contributed by atoms with van der Waals surface area (Å²) >= 11 is 0. The lowest BCUT2D eigenvalue weighted by Gasteiger charge is -2.15. The van der Waals surface area contributed by atoms with Crippen molar-refractivity contribution in [2.24, 2.45) is 5.92 Å². The molecule has 0 N–H and O–H groups in total. The van der Waals surface area contributed by atoms with Gasteiger partial charge in [0.15, 0.2) is 17.5 Å². The monoisotopic (exact) mass is 322 g/mol. The van der Waals surface area contributed by atoms with Crippen LogP contribution < -0.4 is 4.74 Å². The number of rotatable bonds is 5. The molecule has 0 bridgehead atoms. The van der Waals surface area contributed by atoms with E-state index in [0.717, 1.165) is 12.2 Å². The van der Waals surface area contributed by atoms with Crippen LogP contribution in [-0.2, 0) is 19.1 Å². The summed E-state index contributed by atoms with van der Waals surface area (Å²) in [6.45, 7) is -1.48. The Balaban J connectivity index is 2.06. The van der Waals surface area contributed by atoms with Crippen molar-refractivity contribution in [2.45, 2.75) is 13.5 Å². The first kappa shape index (κ1) is 16.5. The number of hydrogen-bond donors (Lipinski definition) is 0. The summed E-state index contributed by atoms with van der Waals surface area (Å²) in [5.74, 6) is -3.63. The fourth-order valence-corrected chi connectivity index (χ4v) is 1.94. The van der Waals surface area contributed by atoms with E-state index < -0.39 is 30.1 Å². The summed E-state index contributed by atoms with van der Waals surface area (Å²) in [4.78, 5) is 35.2. The van der Waals surface area contributed by atoms with Gasteiger partial charge in [-0.1, -0.05) is 18.2 Å². The molecular formula is C16H12F2O5. The van der Waals surface area contributed by atoms with E-state index in [2.05, 4.69) is 4.74 Å². The number of halogens is 2. The van der Waals surface area contributed by atoms with Gasteiger partial charge in [0.2, 0.25) is 0 Å². The van der Waals surface area contributed by atoms with E-state index in [-0.39, 0.29) is 11.5 Å². The van der Waals surface area contributed by atoms with Crippen LogP contribution in [0.5, 0.6) is 5.75 Å². The lowest BCUT2D eigenvalue weighted by atomic mass is 9.96. The van der Waals surface area contributed by atoms with Crippen LogP contribution in [0.3, 0.4) is 0 Å². The summed E-state index contributed by atoms with van der Waals surface area (Å²) in [7, 11) is 0. The number of benzene rings is 1. The van der Waals surface area contributed by atoms with Gasteiger partial charge >= 0.3 is 12.6 Å². The minimum Gasteiger partial charge on any atom is -0.435 e. The van der Waals surface area contributed by atoms with Crippen molar-refractivity contribution in [3.8, 4) is 5.75 Å². The van der Waals surface area contributed by atoms with Gasteiger partial charge < -0.3 is 9.47 Å². The Kier molecular flexibility index (Phi) is 5.00. The molecule has 1 unspecified atom stereocenters. The normalized spacial score (nSPS) is 18.1. The Morgan fingerprint density at radius 3 is 2.48 bits per heavy atom. The number of esters is 1. The van der Waals surface area contributed by atoms with Crippen molar-refractivity contribution < 1.29 is 32.6 Å². The molecule has 0 fully saturated rings. The Morgan fingerprint density at radius 1 is 1.26 bits per heavy atom. The Hall–Kier alpha value is -2.83. The maximum atomic E-state index is 12.0. The Bertz CT molecular complexity index is 689. The zero-order valence-electron chi connectivity index (χ0n) is 12.0. The molecule has 1 heterocycles. The van der Waals surface area contributed by atoms with Crippen LogP contribution in [0.4, 0.5) is 8.78 Å². The van der Waals surface area contributed by atoms with Gasteiger partial charge in [0.25, 0.3) is 0 Å². The van der Waals surface area contributed by atoms with Gasteiger partial charge in [0, 0.05) is 6.08 Å². The van der Waals surface area contributed by atoms with E-state index in [9.17, 15) is 23.2 Å². The maximum Gasteiger partial charge on any atom is 0.387 e. The highest BCUT2D eigenvalue weighted by atomic mass is 19.3. The largest absolute Gasteiger partial charge is 0.435 e. The van der Waals surface area contributed by atoms with Gasteiger partial charge in [-0.05, 0) is 30.7 Å². The first-order chi connectivity index (χ1) is 10.9. The molecule has 1 aromatic rings. The third-order valence-corrected chi connectivity index (χ3v) is 2.96. The molecule has 0 radical (unpaired) electrons. The number of alkyl halides is 2. The topological polar surface area (TPSA) is 69.7 Å². The summed E-state index contributed by atoms with van der Waals surface area (Å²) in [6, 6.07) is 5.52. The molecule has 5 nitrogen and oxygen atoms in total. The average Bonchev–Trinajstić information content (AvgIpc) is 2.45. The fraction of sp³-hybridized carbons (Fsp3) is 0.188. The molecule has 0 aromatic heterocycles. The number of allylic oxidation sites excluding steroid dienone is 3. The van der Waals surface area contributed by atoms with Crippen LogP contribution in [0.1, 0.15) is 12.5 Å². The van der Waals surface area contributed by atoms with Crippen molar-refractivity contribution in [2.75, 3.05) is 0 Å². The molecular weight excluding hydrogens is 310 g/mol. The van der Waals surface area contributed by atoms with Gasteiger partial charge in [0.1, 0.15) is 11.5 Å². The minimum absolute atomic E-state index is 0.0184. The molecule has 0 saturated carbocycles. The lowest BCUT2D eigenvalue weighted by molar-refractivity contribution is -0.151. The standard InChI is InChI=1S/C16H12F2O5/c1-9-8-13(20)14(15(21)22-9)12(19)7-4-10-2-5-11(6-3-10)23-16(17)18/h2-8,14,16H,1H3. The van der Waals surface area contributed by atoms with E-state index in [0.29, 0.717) is 5.56 Å². The number of carbonyl (C=O) groups excluding carboxylic acids is 3. The average molecular weight is 322 g/mol.